The number of hydrogen-bond acceptors (Lipinski definition) is 2. The average Bonchev–Trinajstić information content (AvgIpc) is 2.59. The molecule has 0 aliphatic carbocycles. The first kappa shape index (κ1) is 29.2. The van der Waals surface area contributed by atoms with Gasteiger partial charge in [0.2, 0.25) is 0 Å². The van der Waals surface area contributed by atoms with Crippen LogP contribution in [0.5, 0.6) is 0 Å². The predicted molar refractivity (Wildman–Crippen MR) is 86.9 cm³/mol. The summed E-state index contributed by atoms with van der Waals surface area (Å²) in [4.78, 5) is 4.83. The molecule has 0 aromatic heterocycles. The Labute approximate surface area is 209 Å². The van der Waals surface area contributed by atoms with Crippen molar-refractivity contribution in [2.24, 2.45) is 10.2 Å². The Balaban J connectivity index is 0. The van der Waals surface area contributed by atoms with Crippen molar-refractivity contribution in [2.75, 3.05) is 0 Å². The maximum Gasteiger partial charge on any atom is 0.0557 e. The third-order valence-electron chi connectivity index (χ3n) is 3.52. The maximum absolute atomic E-state index is 12.6. The zero-order chi connectivity index (χ0) is 20.0. The zero-order valence-electron chi connectivity index (χ0n) is 15.3. The van der Waals surface area contributed by atoms with Crippen LogP contribution in [0.25, 0.3) is 20.9 Å². The maximum atomic E-state index is 12.6. The number of nitrogens with zero attached hydrogens (tertiary/aromatic N) is 6. The molecule has 0 N–H and O–H groups in total. The molecule has 0 bridgehead atoms. The molecule has 0 unspecified atom stereocenters. The van der Waals surface area contributed by atoms with Crippen LogP contribution in [0.4, 0.5) is 28.9 Å². The molecular weight excluding hydrogens is 530 g/mol. The van der Waals surface area contributed by atoms with Crippen molar-refractivity contribution < 1.29 is 83.0 Å². The van der Waals surface area contributed by atoms with E-state index in [-0.39, 0.29) is 65.4 Å². The van der Waals surface area contributed by atoms with E-state index in [0.29, 0.717) is 0 Å². The van der Waals surface area contributed by atoms with Crippen LogP contribution in [0.2, 0.25) is 0 Å². The number of benzene rings is 2. The third kappa shape index (κ3) is 7.10. The summed E-state index contributed by atoms with van der Waals surface area (Å²) in [6.45, 7) is 7.83. The molecule has 0 heterocycles. The Kier molecular flexibility index (Phi) is 13.8. The molecule has 12 heteroatoms. The van der Waals surface area contributed by atoms with Crippen molar-refractivity contribution in [2.45, 2.75) is 27.7 Å². The summed E-state index contributed by atoms with van der Waals surface area (Å²) in [6.07, 6.45) is 0. The van der Waals surface area contributed by atoms with Gasteiger partial charge in [-0.1, -0.05) is 43.6 Å². The molecule has 2 aromatic carbocycles. The predicted octanol–water partition coefficient (Wildman–Crippen LogP) is 6.64. The van der Waals surface area contributed by atoms with Crippen LogP contribution in [-0.2, 0) is 65.4 Å². The number of hydrogen-bond donors (Lipinski definition) is 0. The summed E-state index contributed by atoms with van der Waals surface area (Å²) >= 11 is 0. The minimum absolute atomic E-state index is 0. The minimum Gasteiger partial charge on any atom is -0.281 e. The van der Waals surface area contributed by atoms with E-state index < -0.39 is 29.0 Å². The van der Waals surface area contributed by atoms with E-state index in [2.05, 4.69) is 21.2 Å². The molecule has 0 amide bonds. The van der Waals surface area contributed by atoms with Crippen molar-refractivity contribution >= 4 is 11.4 Å². The van der Waals surface area contributed by atoms with Crippen LogP contribution in [-0.4, -0.2) is 0 Å². The van der Waals surface area contributed by atoms with Gasteiger partial charge in [0.25, 0.3) is 0 Å². The molecular formula is C16H12F4N6Y2-2. The normalized spacial score (nSPS) is 8.86. The molecule has 142 valence electrons. The van der Waals surface area contributed by atoms with Crippen LogP contribution in [0.1, 0.15) is 22.3 Å². The Morgan fingerprint density at radius 1 is 0.679 bits per heavy atom. The molecule has 0 spiro atoms. The molecule has 28 heavy (non-hydrogen) atoms. The zero-order valence-corrected chi connectivity index (χ0v) is 21.0. The quantitative estimate of drug-likeness (QED) is 0.102. The Morgan fingerprint density at radius 3 is 1.39 bits per heavy atom. The van der Waals surface area contributed by atoms with E-state index >= 15 is 0 Å². The summed E-state index contributed by atoms with van der Waals surface area (Å²) < 4.78 is 49.7. The van der Waals surface area contributed by atoms with Gasteiger partial charge in [0.05, 0.1) is 11.6 Å². The van der Waals surface area contributed by atoms with Crippen LogP contribution in [0, 0.1) is 63.1 Å². The van der Waals surface area contributed by atoms with Crippen molar-refractivity contribution in [3.8, 4) is 0 Å². The Bertz CT molecular complexity index is 825. The second kappa shape index (κ2) is 13.3. The summed E-state index contributed by atoms with van der Waals surface area (Å²) in [5.41, 5.74) is 19.8. The van der Waals surface area contributed by atoms with Gasteiger partial charge in [0.1, 0.15) is 0 Å². The van der Waals surface area contributed by atoms with E-state index in [1.165, 1.54) is 0 Å². The standard InChI is InChI=1S/C10H12N3.C6F4N3.2Y/c1-6-5-7(2)9(4)10(8(6)3)12-13-11;7-2-1-3(8)5(10)6(4(2)9)12-13-11;;/h1-4H3;;;/q2*-1;;. The van der Waals surface area contributed by atoms with Crippen LogP contribution in [0.15, 0.2) is 10.2 Å². The van der Waals surface area contributed by atoms with Gasteiger partial charge in [-0.2, -0.15) is 17.2 Å². The molecule has 0 saturated heterocycles. The molecule has 2 aromatic rings. The molecule has 2 rings (SSSR count). The fraction of sp³-hybridized carbons (Fsp3) is 0.250. The van der Waals surface area contributed by atoms with Crippen LogP contribution < -0.4 is 0 Å². The van der Waals surface area contributed by atoms with Crippen molar-refractivity contribution in [1.29, 1.82) is 0 Å². The number of aryl methyl sites for hydroxylation is 2. The van der Waals surface area contributed by atoms with Gasteiger partial charge in [-0.15, -0.1) is 17.2 Å². The largest absolute Gasteiger partial charge is 0.281 e. The third-order valence-corrected chi connectivity index (χ3v) is 3.52. The molecule has 0 aliphatic rings. The van der Waals surface area contributed by atoms with Gasteiger partial charge >= 0.3 is 0 Å². The smallest absolute Gasteiger partial charge is 0.0557 e. The van der Waals surface area contributed by atoms with Crippen molar-refractivity contribution in [3.63, 3.8) is 0 Å². The second-order valence-corrected chi connectivity index (χ2v) is 5.08. The first-order valence-electron chi connectivity index (χ1n) is 7.00. The number of halogens is 4. The van der Waals surface area contributed by atoms with Crippen molar-refractivity contribution in [1.82, 2.24) is 0 Å². The molecule has 2 radical (unpaired) electrons. The van der Waals surface area contributed by atoms with Gasteiger partial charge in [-0.25, -0.2) is 8.78 Å². The summed E-state index contributed by atoms with van der Waals surface area (Å²) in [6, 6.07) is 4.36. The van der Waals surface area contributed by atoms with E-state index in [1.807, 2.05) is 32.6 Å². The first-order chi connectivity index (χ1) is 12.1. The van der Waals surface area contributed by atoms with E-state index in [9.17, 15) is 17.6 Å². The van der Waals surface area contributed by atoms with Gasteiger partial charge in [-0.05, 0) is 11.1 Å². The Morgan fingerprint density at radius 2 is 1.04 bits per heavy atom. The van der Waals surface area contributed by atoms with Crippen molar-refractivity contribution in [3.05, 3.63) is 78.5 Å². The molecule has 6 nitrogen and oxygen atoms in total. The van der Waals surface area contributed by atoms with Gasteiger partial charge in [0, 0.05) is 92.6 Å². The van der Waals surface area contributed by atoms with Crippen LogP contribution in [0.3, 0.4) is 0 Å². The minimum atomic E-state index is -1.77. The SMILES string of the molecule is Cc1[c-]c(C)c(C)c(N=[N+]=[N-])c1C.[N-]=[N+]=Nc1c(F)c(F)[c-]c(F)c1F.[Y].[Y]. The summed E-state index contributed by atoms with van der Waals surface area (Å²) in [5, 5.41) is 6.15. The average molecular weight is 542 g/mol. The van der Waals surface area contributed by atoms with Gasteiger partial charge < -0.3 is 0 Å². The first-order valence-corrected chi connectivity index (χ1v) is 7.00. The van der Waals surface area contributed by atoms with E-state index in [0.717, 1.165) is 34.0 Å². The molecule has 0 fully saturated rings. The topological polar surface area (TPSA) is 97.5 Å². The second-order valence-electron chi connectivity index (χ2n) is 5.08. The Hall–Kier alpha value is -1.01. The van der Waals surface area contributed by atoms with E-state index in [1.54, 1.807) is 0 Å². The summed E-state index contributed by atoms with van der Waals surface area (Å²) in [5.74, 6) is -7.00. The van der Waals surface area contributed by atoms with Gasteiger partial charge in [0.15, 0.2) is 0 Å². The van der Waals surface area contributed by atoms with E-state index in [4.69, 9.17) is 11.1 Å². The fourth-order valence-corrected chi connectivity index (χ4v) is 1.94. The molecule has 0 atom stereocenters. The summed E-state index contributed by atoms with van der Waals surface area (Å²) in [7, 11) is 0. The number of azide groups is 2. The van der Waals surface area contributed by atoms with Gasteiger partial charge in [-0.3, -0.25) is 8.78 Å². The molecule has 0 saturated carbocycles. The monoisotopic (exact) mass is 542 g/mol. The fourth-order valence-electron chi connectivity index (χ4n) is 1.94. The number of rotatable bonds is 2. The van der Waals surface area contributed by atoms with Crippen LogP contribution >= 0.6 is 0 Å². The molecule has 0 aliphatic heterocycles.